The zero-order chi connectivity index (χ0) is 15.1. The summed E-state index contributed by atoms with van der Waals surface area (Å²) in [6, 6.07) is -0.927. The van der Waals surface area contributed by atoms with Gasteiger partial charge in [0.2, 0.25) is 11.8 Å². The lowest BCUT2D eigenvalue weighted by atomic mass is 10.1. The number of rotatable bonds is 8. The molecule has 1 saturated heterocycles. The number of amides is 2. The largest absolute Gasteiger partial charge is 0.480 e. The highest BCUT2D eigenvalue weighted by atomic mass is 16.5. The van der Waals surface area contributed by atoms with E-state index in [4.69, 9.17) is 9.84 Å². The fraction of sp³-hybridized carbons (Fsp3) is 0.769. The third-order valence-electron chi connectivity index (χ3n) is 3.42. The van der Waals surface area contributed by atoms with Crippen LogP contribution in [0.3, 0.4) is 0 Å². The summed E-state index contributed by atoms with van der Waals surface area (Å²) >= 11 is 0. The molecule has 114 valence electrons. The molecule has 2 unspecified atom stereocenters. The number of hydrogen-bond donors (Lipinski definition) is 2. The number of aliphatic carboxylic acids is 1. The molecule has 0 aromatic carbocycles. The van der Waals surface area contributed by atoms with Gasteiger partial charge in [-0.05, 0) is 19.8 Å². The summed E-state index contributed by atoms with van der Waals surface area (Å²) < 4.78 is 4.86. The Hall–Kier alpha value is -1.63. The Morgan fingerprint density at radius 3 is 2.75 bits per heavy atom. The summed E-state index contributed by atoms with van der Waals surface area (Å²) in [6.45, 7) is 3.23. The number of likely N-dealkylation sites (tertiary alicyclic amines) is 1. The molecule has 2 atom stereocenters. The van der Waals surface area contributed by atoms with Gasteiger partial charge in [-0.15, -0.1) is 0 Å². The Morgan fingerprint density at radius 1 is 1.55 bits per heavy atom. The van der Waals surface area contributed by atoms with E-state index in [0.717, 1.165) is 0 Å². The first-order chi connectivity index (χ1) is 9.49. The van der Waals surface area contributed by atoms with Gasteiger partial charge < -0.3 is 20.1 Å². The van der Waals surface area contributed by atoms with Gasteiger partial charge in [0, 0.05) is 33.2 Å². The zero-order valence-corrected chi connectivity index (χ0v) is 11.9. The van der Waals surface area contributed by atoms with E-state index in [9.17, 15) is 14.4 Å². The fourth-order valence-electron chi connectivity index (χ4n) is 2.23. The Labute approximate surface area is 118 Å². The predicted molar refractivity (Wildman–Crippen MR) is 71.0 cm³/mol. The molecular formula is C13H22N2O5. The van der Waals surface area contributed by atoms with Crippen LogP contribution in [0, 0.1) is 5.92 Å². The van der Waals surface area contributed by atoms with Crippen molar-refractivity contribution >= 4 is 17.8 Å². The van der Waals surface area contributed by atoms with Crippen LogP contribution >= 0.6 is 0 Å². The third-order valence-corrected chi connectivity index (χ3v) is 3.42. The minimum atomic E-state index is -1.06. The Balaban J connectivity index is 2.50. The van der Waals surface area contributed by atoms with E-state index >= 15 is 0 Å². The summed E-state index contributed by atoms with van der Waals surface area (Å²) in [5, 5.41) is 11.6. The van der Waals surface area contributed by atoms with Gasteiger partial charge in [0.25, 0.3) is 0 Å². The van der Waals surface area contributed by atoms with Gasteiger partial charge in [0.1, 0.15) is 6.04 Å². The highest BCUT2D eigenvalue weighted by Gasteiger charge is 2.34. The third kappa shape index (κ3) is 4.48. The van der Waals surface area contributed by atoms with E-state index in [1.54, 1.807) is 4.90 Å². The van der Waals surface area contributed by atoms with Crippen molar-refractivity contribution in [1.29, 1.82) is 0 Å². The number of nitrogens with zero attached hydrogens (tertiary/aromatic N) is 1. The van der Waals surface area contributed by atoms with Crippen molar-refractivity contribution in [2.45, 2.75) is 32.2 Å². The number of carboxylic acids is 1. The smallest absolute Gasteiger partial charge is 0.326 e. The lowest BCUT2D eigenvalue weighted by Gasteiger charge is -2.17. The maximum atomic E-state index is 12.0. The number of ether oxygens (including phenoxy) is 1. The zero-order valence-electron chi connectivity index (χ0n) is 11.9. The van der Waals surface area contributed by atoms with Crippen LogP contribution in [0.5, 0.6) is 0 Å². The normalized spacial score (nSPS) is 20.0. The lowest BCUT2D eigenvalue weighted by Crippen LogP contribution is -2.44. The van der Waals surface area contributed by atoms with Crippen molar-refractivity contribution < 1.29 is 24.2 Å². The first kappa shape index (κ1) is 16.4. The number of methoxy groups -OCH3 is 1. The molecule has 0 aliphatic carbocycles. The van der Waals surface area contributed by atoms with Gasteiger partial charge in [-0.1, -0.05) is 0 Å². The molecule has 0 saturated carbocycles. The number of carboxylic acid groups (broad SMARTS) is 1. The molecule has 0 spiro atoms. The maximum Gasteiger partial charge on any atom is 0.326 e. The average molecular weight is 286 g/mol. The van der Waals surface area contributed by atoms with Crippen LogP contribution in [0.25, 0.3) is 0 Å². The Kier molecular flexibility index (Phi) is 6.44. The first-order valence-corrected chi connectivity index (χ1v) is 6.79. The average Bonchev–Trinajstić information content (AvgIpc) is 2.78. The summed E-state index contributed by atoms with van der Waals surface area (Å²) in [4.78, 5) is 36.3. The second-order valence-corrected chi connectivity index (χ2v) is 4.87. The predicted octanol–water partition coefficient (Wildman–Crippen LogP) is -0.149. The van der Waals surface area contributed by atoms with E-state index in [1.165, 1.54) is 7.11 Å². The molecule has 20 heavy (non-hydrogen) atoms. The molecule has 0 bridgehead atoms. The summed E-state index contributed by atoms with van der Waals surface area (Å²) in [7, 11) is 1.54. The monoisotopic (exact) mass is 286 g/mol. The molecule has 1 fully saturated rings. The van der Waals surface area contributed by atoms with Crippen LogP contribution in [0.2, 0.25) is 0 Å². The Morgan fingerprint density at radius 2 is 2.25 bits per heavy atom. The summed E-state index contributed by atoms with van der Waals surface area (Å²) in [5.74, 6) is -1.93. The number of hydrogen-bond acceptors (Lipinski definition) is 4. The molecule has 0 aromatic rings. The van der Waals surface area contributed by atoms with E-state index in [-0.39, 0.29) is 18.2 Å². The van der Waals surface area contributed by atoms with Gasteiger partial charge >= 0.3 is 5.97 Å². The molecule has 1 heterocycles. The number of carbonyl (C=O) groups excluding carboxylic acids is 2. The number of carbonyl (C=O) groups is 3. The molecule has 0 radical (unpaired) electrons. The topological polar surface area (TPSA) is 95.9 Å². The van der Waals surface area contributed by atoms with Crippen LogP contribution in [0.4, 0.5) is 0 Å². The highest BCUT2D eigenvalue weighted by molar-refractivity contribution is 5.91. The van der Waals surface area contributed by atoms with Crippen molar-refractivity contribution in [3.63, 3.8) is 0 Å². The summed E-state index contributed by atoms with van der Waals surface area (Å²) in [5.41, 5.74) is 0. The highest BCUT2D eigenvalue weighted by Crippen LogP contribution is 2.17. The van der Waals surface area contributed by atoms with Gasteiger partial charge in [0.05, 0.1) is 5.92 Å². The Bertz CT molecular complexity index is 372. The minimum Gasteiger partial charge on any atom is -0.480 e. The SMILES string of the molecule is CCN1CC(C(=O)NC(CCCOC)C(=O)O)CC1=O. The van der Waals surface area contributed by atoms with E-state index in [2.05, 4.69) is 5.32 Å². The van der Waals surface area contributed by atoms with Gasteiger partial charge in [-0.3, -0.25) is 9.59 Å². The molecule has 1 aliphatic heterocycles. The van der Waals surface area contributed by atoms with E-state index in [0.29, 0.717) is 32.5 Å². The molecule has 1 rings (SSSR count). The second kappa shape index (κ2) is 7.84. The van der Waals surface area contributed by atoms with Crippen LogP contribution in [0.1, 0.15) is 26.2 Å². The van der Waals surface area contributed by atoms with E-state index < -0.39 is 17.9 Å². The minimum absolute atomic E-state index is 0.0566. The molecule has 7 nitrogen and oxygen atoms in total. The molecular weight excluding hydrogens is 264 g/mol. The van der Waals surface area contributed by atoms with Crippen LogP contribution in [-0.2, 0) is 19.1 Å². The van der Waals surface area contributed by atoms with Crippen LogP contribution < -0.4 is 5.32 Å². The lowest BCUT2D eigenvalue weighted by molar-refractivity contribution is -0.142. The van der Waals surface area contributed by atoms with Crippen molar-refractivity contribution in [1.82, 2.24) is 10.2 Å². The summed E-state index contributed by atoms with van der Waals surface area (Å²) in [6.07, 6.45) is 1.02. The molecule has 2 N–H and O–H groups in total. The molecule has 1 aliphatic rings. The van der Waals surface area contributed by atoms with Gasteiger partial charge in [0.15, 0.2) is 0 Å². The van der Waals surface area contributed by atoms with Crippen LogP contribution in [-0.4, -0.2) is 60.6 Å². The standard InChI is InChI=1S/C13H22N2O5/c1-3-15-8-9(7-11(15)16)12(17)14-10(13(18)19)5-4-6-20-2/h9-10H,3-8H2,1-2H3,(H,14,17)(H,18,19). The van der Waals surface area contributed by atoms with Crippen molar-refractivity contribution in [2.24, 2.45) is 5.92 Å². The quantitative estimate of drug-likeness (QED) is 0.605. The maximum absolute atomic E-state index is 12.0. The molecule has 0 aromatic heterocycles. The second-order valence-electron chi connectivity index (χ2n) is 4.87. The number of nitrogens with one attached hydrogen (secondary N) is 1. The van der Waals surface area contributed by atoms with Gasteiger partial charge in [-0.25, -0.2) is 4.79 Å². The first-order valence-electron chi connectivity index (χ1n) is 6.79. The van der Waals surface area contributed by atoms with Crippen molar-refractivity contribution in [3.8, 4) is 0 Å². The fourth-order valence-corrected chi connectivity index (χ4v) is 2.23. The van der Waals surface area contributed by atoms with Crippen LogP contribution in [0.15, 0.2) is 0 Å². The van der Waals surface area contributed by atoms with Gasteiger partial charge in [-0.2, -0.15) is 0 Å². The van der Waals surface area contributed by atoms with Crippen molar-refractivity contribution in [2.75, 3.05) is 26.8 Å². The molecule has 2 amide bonds. The molecule has 7 heteroatoms. The van der Waals surface area contributed by atoms with E-state index in [1.807, 2.05) is 6.92 Å². The van der Waals surface area contributed by atoms with Crippen molar-refractivity contribution in [3.05, 3.63) is 0 Å².